The highest BCUT2D eigenvalue weighted by Crippen LogP contribution is 2.34. The van der Waals surface area contributed by atoms with E-state index in [1.807, 2.05) is 33.6 Å². The van der Waals surface area contributed by atoms with Gasteiger partial charge >= 0.3 is 11.9 Å². The molecule has 2 fully saturated rings. The van der Waals surface area contributed by atoms with E-state index in [9.17, 15) is 0 Å². The minimum Gasteiger partial charge on any atom is -0.473 e. The first-order valence-electron chi connectivity index (χ1n) is 21.5. The fraction of sp³-hybridized carbons (Fsp3) is 0.545. The van der Waals surface area contributed by atoms with Gasteiger partial charge in [0, 0.05) is 75.2 Å². The zero-order chi connectivity index (χ0) is 44.2. The number of benzene rings is 2. The highest BCUT2D eigenvalue weighted by Gasteiger charge is 2.28. The molecule has 62 heavy (non-hydrogen) atoms. The van der Waals surface area contributed by atoms with Gasteiger partial charge in [0.1, 0.15) is 0 Å². The maximum Gasteiger partial charge on any atom is 0.414 e. The van der Waals surface area contributed by atoms with Crippen LogP contribution in [0.25, 0.3) is 45.0 Å². The first-order valence-corrected chi connectivity index (χ1v) is 21.5. The number of ether oxygens (including phenoxy) is 2. The average molecular weight is 857 g/mol. The molecule has 18 nitrogen and oxygen atoms in total. The van der Waals surface area contributed by atoms with Gasteiger partial charge in [-0.3, -0.25) is 9.36 Å². The first-order chi connectivity index (χ1) is 30.0. The molecular weight excluding hydrogens is 797 g/mol. The minimum atomic E-state index is -1.82. The molecule has 0 aliphatic carbocycles. The molecule has 2 aromatic carbocycles. The number of methoxy groups -OCH3 is 2. The van der Waals surface area contributed by atoms with Gasteiger partial charge in [0.2, 0.25) is 11.8 Å². The number of para-hydroxylation sites is 2. The summed E-state index contributed by atoms with van der Waals surface area (Å²) < 4.78 is 26.6. The standard InChI is InChI=1S/2C21H29N5O2.C2H2O4/c2*1-15(2)26-18-8-5-4-7-17(18)19(24-26)21-23-22-20(28-21)16-9-12-25(13-10-16)11-6-14-27-3;3-1(4)2(5)6/h2*4-5,7-8,15-16H,6,9-14H2,1-3H3;(H,3,4)(H,5,6). The fourth-order valence-corrected chi connectivity index (χ4v) is 7.94. The lowest BCUT2D eigenvalue weighted by Gasteiger charge is -2.30. The SMILES string of the molecule is COCCCN1CCC(c2nnc(-c3nn(C(C)C)c4ccccc34)o2)CC1.COCCCN1CCC(c2nnc(-c3nn(C(C)C)c4ccccc34)o2)CC1.O=C(O)C(=O)O. The first kappa shape index (κ1) is 46.0. The third-order valence-corrected chi connectivity index (χ3v) is 11.2. The lowest BCUT2D eigenvalue weighted by Crippen LogP contribution is -2.34. The van der Waals surface area contributed by atoms with Crippen molar-refractivity contribution >= 4 is 33.7 Å². The molecular formula is C44H60N10O8. The molecule has 18 heteroatoms. The summed E-state index contributed by atoms with van der Waals surface area (Å²) >= 11 is 0. The summed E-state index contributed by atoms with van der Waals surface area (Å²) in [6.07, 6.45) is 6.37. The van der Waals surface area contributed by atoms with Crippen LogP contribution >= 0.6 is 0 Å². The molecule has 6 heterocycles. The number of rotatable bonds is 14. The predicted octanol–water partition coefficient (Wildman–Crippen LogP) is 6.92. The van der Waals surface area contributed by atoms with Crippen molar-refractivity contribution in [3.63, 3.8) is 0 Å². The summed E-state index contributed by atoms with van der Waals surface area (Å²) in [6.45, 7) is 16.6. The second-order valence-corrected chi connectivity index (χ2v) is 16.2. The number of piperidine rings is 2. The second kappa shape index (κ2) is 22.0. The van der Waals surface area contributed by atoms with Gasteiger partial charge in [-0.15, -0.1) is 20.4 Å². The number of nitrogens with zero attached hydrogens (tertiary/aromatic N) is 10. The number of carboxylic acids is 2. The fourth-order valence-electron chi connectivity index (χ4n) is 7.94. The predicted molar refractivity (Wildman–Crippen MR) is 232 cm³/mol. The monoisotopic (exact) mass is 856 g/mol. The lowest BCUT2D eigenvalue weighted by molar-refractivity contribution is -0.159. The lowest BCUT2D eigenvalue weighted by atomic mass is 9.97. The zero-order valence-corrected chi connectivity index (χ0v) is 36.6. The van der Waals surface area contributed by atoms with Gasteiger partial charge in [0.25, 0.3) is 11.8 Å². The van der Waals surface area contributed by atoms with Crippen molar-refractivity contribution in [2.45, 2.75) is 90.1 Å². The van der Waals surface area contributed by atoms with Gasteiger partial charge in [0.15, 0.2) is 11.4 Å². The number of carbonyl (C=O) groups is 2. The molecule has 0 spiro atoms. The van der Waals surface area contributed by atoms with Crippen molar-refractivity contribution < 1.29 is 38.1 Å². The summed E-state index contributed by atoms with van der Waals surface area (Å²) in [5, 5.41) is 43.9. The molecule has 4 aromatic heterocycles. The van der Waals surface area contributed by atoms with Gasteiger partial charge in [0.05, 0.1) is 11.0 Å². The number of aliphatic carboxylic acids is 2. The molecule has 8 rings (SSSR count). The minimum absolute atomic E-state index is 0.267. The van der Waals surface area contributed by atoms with Crippen LogP contribution in [0.15, 0.2) is 57.4 Å². The van der Waals surface area contributed by atoms with Crippen LogP contribution in [0.3, 0.4) is 0 Å². The maximum atomic E-state index is 9.10. The van der Waals surface area contributed by atoms with E-state index in [2.05, 4.69) is 82.2 Å². The van der Waals surface area contributed by atoms with E-state index >= 15 is 0 Å². The molecule has 0 unspecified atom stereocenters. The van der Waals surface area contributed by atoms with Crippen LogP contribution in [0, 0.1) is 0 Å². The van der Waals surface area contributed by atoms with Crippen LogP contribution < -0.4 is 0 Å². The van der Waals surface area contributed by atoms with Crippen LogP contribution in [0.1, 0.15) is 102 Å². The zero-order valence-electron chi connectivity index (χ0n) is 36.6. The highest BCUT2D eigenvalue weighted by molar-refractivity contribution is 6.27. The van der Waals surface area contributed by atoms with E-state index in [0.29, 0.717) is 23.6 Å². The van der Waals surface area contributed by atoms with Gasteiger partial charge in [-0.2, -0.15) is 10.2 Å². The van der Waals surface area contributed by atoms with Crippen molar-refractivity contribution in [2.24, 2.45) is 0 Å². The van der Waals surface area contributed by atoms with Gasteiger partial charge in [-0.25, -0.2) is 9.59 Å². The number of carboxylic acid groups (broad SMARTS) is 2. The van der Waals surface area contributed by atoms with Gasteiger partial charge in [-0.05, 0) is 105 Å². The van der Waals surface area contributed by atoms with Crippen molar-refractivity contribution in [3.05, 3.63) is 60.3 Å². The Hall–Kier alpha value is -5.56. The average Bonchev–Trinajstić information content (AvgIpc) is 4.10. The van der Waals surface area contributed by atoms with E-state index in [1.165, 1.54) is 0 Å². The van der Waals surface area contributed by atoms with E-state index < -0.39 is 11.9 Å². The van der Waals surface area contributed by atoms with Gasteiger partial charge < -0.3 is 38.3 Å². The molecule has 2 N–H and O–H groups in total. The van der Waals surface area contributed by atoms with Crippen molar-refractivity contribution in [2.75, 3.05) is 66.7 Å². The van der Waals surface area contributed by atoms with Crippen molar-refractivity contribution in [3.8, 4) is 23.2 Å². The maximum absolute atomic E-state index is 9.10. The topological polar surface area (TPSA) is 213 Å². The quantitative estimate of drug-likeness (QED) is 0.0840. The number of likely N-dealkylation sites (tertiary alicyclic amines) is 2. The van der Waals surface area contributed by atoms with Crippen LogP contribution in [0.5, 0.6) is 0 Å². The number of fused-ring (bicyclic) bond motifs is 2. The Morgan fingerprint density at radius 1 is 0.629 bits per heavy atom. The van der Waals surface area contributed by atoms with Crippen LogP contribution in [0.2, 0.25) is 0 Å². The van der Waals surface area contributed by atoms with Crippen LogP contribution in [-0.4, -0.2) is 139 Å². The van der Waals surface area contributed by atoms with E-state index in [0.717, 1.165) is 136 Å². The number of hydrogen-bond acceptors (Lipinski definition) is 14. The molecule has 0 saturated carbocycles. The van der Waals surface area contributed by atoms with Crippen LogP contribution in [0.4, 0.5) is 0 Å². The van der Waals surface area contributed by atoms with Crippen molar-refractivity contribution in [1.29, 1.82) is 0 Å². The third kappa shape index (κ3) is 11.5. The summed E-state index contributed by atoms with van der Waals surface area (Å²) in [5.41, 5.74) is 3.74. The van der Waals surface area contributed by atoms with Crippen molar-refractivity contribution in [1.82, 2.24) is 49.8 Å². The molecule has 0 amide bonds. The summed E-state index contributed by atoms with van der Waals surface area (Å²) in [6, 6.07) is 17.0. The number of aromatic nitrogens is 8. The summed E-state index contributed by atoms with van der Waals surface area (Å²) in [4.78, 5) is 23.2. The van der Waals surface area contributed by atoms with E-state index in [4.69, 9.17) is 48.3 Å². The number of hydrogen-bond donors (Lipinski definition) is 2. The second-order valence-electron chi connectivity index (χ2n) is 16.2. The van der Waals surface area contributed by atoms with Crippen LogP contribution in [-0.2, 0) is 19.1 Å². The summed E-state index contributed by atoms with van der Waals surface area (Å²) in [5.74, 6) is -0.451. The molecule has 2 aliphatic rings. The largest absolute Gasteiger partial charge is 0.473 e. The Morgan fingerprint density at radius 2 is 1.00 bits per heavy atom. The third-order valence-electron chi connectivity index (χ3n) is 11.2. The summed E-state index contributed by atoms with van der Waals surface area (Å²) in [7, 11) is 3.51. The molecule has 0 atom stereocenters. The molecule has 0 radical (unpaired) electrons. The smallest absolute Gasteiger partial charge is 0.414 e. The van der Waals surface area contributed by atoms with Gasteiger partial charge in [-0.1, -0.05) is 36.4 Å². The molecule has 2 saturated heterocycles. The molecule has 334 valence electrons. The Morgan fingerprint density at radius 3 is 1.34 bits per heavy atom. The Labute approximate surface area is 361 Å². The highest BCUT2D eigenvalue weighted by atomic mass is 16.5. The normalized spacial score (nSPS) is 15.5. The Kier molecular flexibility index (Phi) is 16.3. The Balaban J connectivity index is 0.000000183. The molecule has 6 aromatic rings. The molecule has 2 aliphatic heterocycles. The van der Waals surface area contributed by atoms with E-state index in [1.54, 1.807) is 14.2 Å². The Bertz CT molecular complexity index is 2170. The van der Waals surface area contributed by atoms with E-state index in [-0.39, 0.29) is 12.1 Å². The molecule has 0 bridgehead atoms.